The molecule has 0 rings (SSSR count). The van der Waals surface area contributed by atoms with Crippen molar-refractivity contribution >= 4 is 24.2 Å². The number of rotatable bonds is 6. The van der Waals surface area contributed by atoms with E-state index in [9.17, 15) is 19.2 Å². The average Bonchev–Trinajstić information content (AvgIpc) is 2.26. The van der Waals surface area contributed by atoms with Crippen LogP contribution in [-0.4, -0.2) is 46.5 Å². The molecule has 0 aromatic carbocycles. The molecular formula is C9H14N2O8. The maximum absolute atomic E-state index is 11.0. The molecule has 2 atom stereocenters. The van der Waals surface area contributed by atoms with E-state index in [-0.39, 0.29) is 19.3 Å². The molecule has 0 saturated heterocycles. The summed E-state index contributed by atoms with van der Waals surface area (Å²) >= 11 is 0. The first kappa shape index (κ1) is 16.8. The van der Waals surface area contributed by atoms with Crippen LogP contribution in [0.3, 0.4) is 0 Å². The minimum Gasteiger partial charge on any atom is -0.449 e. The first-order chi connectivity index (χ1) is 8.73. The van der Waals surface area contributed by atoms with E-state index < -0.39 is 36.3 Å². The van der Waals surface area contributed by atoms with Crippen LogP contribution in [0, 0.1) is 0 Å². The topological polar surface area (TPSA) is 179 Å². The van der Waals surface area contributed by atoms with Crippen LogP contribution < -0.4 is 11.5 Å². The van der Waals surface area contributed by atoms with Gasteiger partial charge in [0.15, 0.2) is 0 Å². The van der Waals surface area contributed by atoms with Crippen molar-refractivity contribution in [3.8, 4) is 0 Å². The zero-order valence-corrected chi connectivity index (χ0v) is 9.77. The van der Waals surface area contributed by atoms with Gasteiger partial charge in [0.25, 0.3) is 0 Å². The van der Waals surface area contributed by atoms with Crippen molar-refractivity contribution in [2.24, 2.45) is 11.5 Å². The maximum Gasteiger partial charge on any atom is 0.513 e. The van der Waals surface area contributed by atoms with E-state index in [1.807, 2.05) is 0 Å². The third-order valence-electron chi connectivity index (χ3n) is 2.01. The molecule has 0 aromatic rings. The number of ether oxygens (including phenoxy) is 2. The smallest absolute Gasteiger partial charge is 0.449 e. The monoisotopic (exact) mass is 278 g/mol. The number of hydrogen-bond acceptors (Lipinski definition) is 8. The molecule has 0 aliphatic heterocycles. The number of carboxylic acid groups (broad SMARTS) is 2. The molecule has 0 aromatic heterocycles. The molecule has 19 heavy (non-hydrogen) atoms. The molecule has 6 N–H and O–H groups in total. The van der Waals surface area contributed by atoms with Gasteiger partial charge in [-0.05, 0) is 19.3 Å². The molecule has 0 bridgehead atoms. The van der Waals surface area contributed by atoms with Crippen LogP contribution in [0.2, 0.25) is 0 Å². The first-order valence-electron chi connectivity index (χ1n) is 5.14. The Bertz CT molecular complexity index is 335. The van der Waals surface area contributed by atoms with E-state index in [1.54, 1.807) is 0 Å². The van der Waals surface area contributed by atoms with Crippen molar-refractivity contribution < 1.29 is 38.9 Å². The Morgan fingerprint density at radius 1 is 0.842 bits per heavy atom. The summed E-state index contributed by atoms with van der Waals surface area (Å²) in [5.74, 6) is -2.23. The Balaban J connectivity index is 3.95. The molecule has 108 valence electrons. The van der Waals surface area contributed by atoms with Gasteiger partial charge in [-0.3, -0.25) is 0 Å². The molecule has 0 aliphatic rings. The summed E-state index contributed by atoms with van der Waals surface area (Å²) in [5, 5.41) is 16.3. The van der Waals surface area contributed by atoms with Crippen LogP contribution in [0.15, 0.2) is 0 Å². The molecule has 0 radical (unpaired) electrons. The molecule has 0 aliphatic carbocycles. The van der Waals surface area contributed by atoms with Crippen LogP contribution >= 0.6 is 0 Å². The summed E-state index contributed by atoms with van der Waals surface area (Å²) in [5.41, 5.74) is 10.6. The van der Waals surface area contributed by atoms with E-state index in [1.165, 1.54) is 0 Å². The van der Waals surface area contributed by atoms with Crippen LogP contribution in [0.5, 0.6) is 0 Å². The van der Waals surface area contributed by atoms with Gasteiger partial charge in [0.1, 0.15) is 12.1 Å². The van der Waals surface area contributed by atoms with Gasteiger partial charge in [-0.15, -0.1) is 0 Å². The van der Waals surface area contributed by atoms with Gasteiger partial charge in [-0.1, -0.05) is 0 Å². The number of carbonyl (C=O) groups excluding carboxylic acids is 2. The van der Waals surface area contributed by atoms with Gasteiger partial charge < -0.3 is 31.2 Å². The van der Waals surface area contributed by atoms with Gasteiger partial charge in [-0.25, -0.2) is 19.2 Å². The third-order valence-corrected chi connectivity index (χ3v) is 2.01. The molecule has 0 fully saturated rings. The second kappa shape index (κ2) is 8.00. The Kier molecular flexibility index (Phi) is 7.07. The van der Waals surface area contributed by atoms with Gasteiger partial charge in [0.05, 0.1) is 0 Å². The Morgan fingerprint density at radius 3 is 1.42 bits per heavy atom. The zero-order valence-electron chi connectivity index (χ0n) is 9.77. The minimum atomic E-state index is -1.76. The fourth-order valence-electron chi connectivity index (χ4n) is 1.12. The Hall–Kier alpha value is -2.20. The summed E-state index contributed by atoms with van der Waals surface area (Å²) in [6.45, 7) is 0. The Labute approximate surface area is 107 Å². The first-order valence-corrected chi connectivity index (χ1v) is 5.14. The summed E-state index contributed by atoms with van der Waals surface area (Å²) in [7, 11) is 0. The maximum atomic E-state index is 11.0. The largest absolute Gasteiger partial charge is 0.513 e. The molecular weight excluding hydrogens is 264 g/mol. The highest BCUT2D eigenvalue weighted by Gasteiger charge is 2.21. The molecule has 0 unspecified atom stereocenters. The average molecular weight is 278 g/mol. The van der Waals surface area contributed by atoms with Gasteiger partial charge in [0, 0.05) is 0 Å². The highest BCUT2D eigenvalue weighted by molar-refractivity contribution is 5.85. The van der Waals surface area contributed by atoms with Gasteiger partial charge in [-0.2, -0.15) is 0 Å². The molecule has 10 nitrogen and oxygen atoms in total. The minimum absolute atomic E-state index is 0.0279. The van der Waals surface area contributed by atoms with Crippen LogP contribution in [0.4, 0.5) is 9.59 Å². The fraction of sp³-hybridized carbons (Fsp3) is 0.556. The second-order valence-corrected chi connectivity index (χ2v) is 3.52. The lowest BCUT2D eigenvalue weighted by Crippen LogP contribution is -2.36. The third kappa shape index (κ3) is 7.68. The van der Waals surface area contributed by atoms with E-state index in [0.29, 0.717) is 0 Å². The lowest BCUT2D eigenvalue weighted by atomic mass is 10.1. The van der Waals surface area contributed by atoms with Crippen molar-refractivity contribution in [1.82, 2.24) is 0 Å². The quantitative estimate of drug-likeness (QED) is 0.356. The standard InChI is InChI=1S/C9H14N2O8/c10-4(6(12)18-8(14)15)2-1-3-5(11)7(13)19-9(16)17/h4-5H,1-3,10-11H2,(H,14,15)(H,16,17)/t4-,5+. The van der Waals surface area contributed by atoms with E-state index in [0.717, 1.165) is 0 Å². The van der Waals surface area contributed by atoms with Crippen LogP contribution in [0.25, 0.3) is 0 Å². The van der Waals surface area contributed by atoms with Crippen molar-refractivity contribution in [2.75, 3.05) is 0 Å². The van der Waals surface area contributed by atoms with Crippen LogP contribution in [0.1, 0.15) is 19.3 Å². The number of carbonyl (C=O) groups is 4. The second-order valence-electron chi connectivity index (χ2n) is 3.52. The SMILES string of the molecule is N[C@H](CCC[C@H](N)C(=O)OC(=O)O)C(=O)OC(=O)O. The lowest BCUT2D eigenvalue weighted by Gasteiger charge is -2.11. The zero-order chi connectivity index (χ0) is 15.0. The van der Waals surface area contributed by atoms with Gasteiger partial charge >= 0.3 is 24.2 Å². The lowest BCUT2D eigenvalue weighted by molar-refractivity contribution is -0.141. The van der Waals surface area contributed by atoms with Crippen LogP contribution in [-0.2, 0) is 19.1 Å². The van der Waals surface area contributed by atoms with E-state index >= 15 is 0 Å². The van der Waals surface area contributed by atoms with Crippen molar-refractivity contribution in [3.05, 3.63) is 0 Å². The molecule has 0 heterocycles. The van der Waals surface area contributed by atoms with Crippen molar-refractivity contribution in [2.45, 2.75) is 31.3 Å². The number of nitrogens with two attached hydrogens (primary N) is 2. The van der Waals surface area contributed by atoms with Crippen molar-refractivity contribution in [3.63, 3.8) is 0 Å². The molecule has 10 heteroatoms. The molecule has 0 spiro atoms. The number of esters is 2. The fourth-order valence-corrected chi connectivity index (χ4v) is 1.12. The van der Waals surface area contributed by atoms with E-state index in [2.05, 4.69) is 9.47 Å². The summed E-state index contributed by atoms with van der Waals surface area (Å²) in [6.07, 6.45) is -3.28. The van der Waals surface area contributed by atoms with Crippen molar-refractivity contribution in [1.29, 1.82) is 0 Å². The Morgan fingerprint density at radius 2 is 1.16 bits per heavy atom. The highest BCUT2D eigenvalue weighted by atomic mass is 16.7. The summed E-state index contributed by atoms with van der Waals surface area (Å²) in [4.78, 5) is 42.1. The molecule has 0 saturated carbocycles. The van der Waals surface area contributed by atoms with E-state index in [4.69, 9.17) is 21.7 Å². The molecule has 0 amide bonds. The predicted molar refractivity (Wildman–Crippen MR) is 58.0 cm³/mol. The normalized spacial score (nSPS) is 13.2. The summed E-state index contributed by atoms with van der Waals surface area (Å²) < 4.78 is 7.64. The number of hydrogen-bond donors (Lipinski definition) is 4. The predicted octanol–water partition coefficient (Wildman–Crippen LogP) is -0.746. The summed E-state index contributed by atoms with van der Waals surface area (Å²) in [6, 6.07) is -2.34. The van der Waals surface area contributed by atoms with Gasteiger partial charge in [0.2, 0.25) is 0 Å². The highest BCUT2D eigenvalue weighted by Crippen LogP contribution is 2.04.